The molecule has 0 amide bonds. The van der Waals surface area contributed by atoms with E-state index in [-0.39, 0.29) is 6.04 Å². The van der Waals surface area contributed by atoms with Gasteiger partial charge in [-0.25, -0.2) is 13.1 Å². The molecule has 22 heavy (non-hydrogen) atoms. The Kier molecular flexibility index (Phi) is 5.97. The molecule has 0 radical (unpaired) electrons. The highest BCUT2D eigenvalue weighted by molar-refractivity contribution is 7.89. The maximum atomic E-state index is 12.5. The van der Waals surface area contributed by atoms with Crippen LogP contribution in [-0.2, 0) is 14.8 Å². The lowest BCUT2D eigenvalue weighted by Crippen LogP contribution is -2.41. The van der Waals surface area contributed by atoms with Crippen LogP contribution >= 0.6 is 0 Å². The van der Waals surface area contributed by atoms with E-state index in [1.807, 2.05) is 26.0 Å². The van der Waals surface area contributed by atoms with Crippen molar-refractivity contribution >= 4 is 10.0 Å². The minimum absolute atomic E-state index is 0.260. The molecular formula is C16H26N2O3S. The molecule has 1 N–H and O–H groups in total. The quantitative estimate of drug-likeness (QED) is 0.828. The van der Waals surface area contributed by atoms with Gasteiger partial charge in [0.15, 0.2) is 0 Å². The molecule has 0 unspecified atom stereocenters. The molecule has 1 aliphatic heterocycles. The summed E-state index contributed by atoms with van der Waals surface area (Å²) in [6, 6.07) is 5.68. The number of hydrogen-bond acceptors (Lipinski definition) is 4. The van der Waals surface area contributed by atoms with Crippen molar-refractivity contribution in [3.05, 3.63) is 29.3 Å². The Morgan fingerprint density at radius 1 is 1.36 bits per heavy atom. The van der Waals surface area contributed by atoms with E-state index in [9.17, 15) is 8.42 Å². The smallest absolute Gasteiger partial charge is 0.240 e. The van der Waals surface area contributed by atoms with Gasteiger partial charge in [0.05, 0.1) is 11.5 Å². The predicted molar refractivity (Wildman–Crippen MR) is 87.6 cm³/mol. The Hall–Kier alpha value is -0.950. The first-order valence-electron chi connectivity index (χ1n) is 7.74. The van der Waals surface area contributed by atoms with Crippen LogP contribution in [0.1, 0.15) is 24.0 Å². The summed E-state index contributed by atoms with van der Waals surface area (Å²) >= 11 is 0. The second-order valence-corrected chi connectivity index (χ2v) is 7.68. The van der Waals surface area contributed by atoms with Gasteiger partial charge in [-0.1, -0.05) is 17.7 Å². The van der Waals surface area contributed by atoms with Crippen molar-refractivity contribution in [2.45, 2.75) is 37.6 Å². The molecule has 1 heterocycles. The fraction of sp³-hybridized carbons (Fsp3) is 0.625. The zero-order valence-electron chi connectivity index (χ0n) is 13.6. The van der Waals surface area contributed by atoms with E-state index in [1.165, 1.54) is 0 Å². The number of methoxy groups -OCH3 is 1. The lowest BCUT2D eigenvalue weighted by atomic mass is 10.2. The summed E-state index contributed by atoms with van der Waals surface area (Å²) in [5, 5.41) is 0. The number of nitrogens with zero attached hydrogens (tertiary/aromatic N) is 1. The number of benzene rings is 1. The average molecular weight is 326 g/mol. The van der Waals surface area contributed by atoms with Gasteiger partial charge in [-0.3, -0.25) is 4.90 Å². The van der Waals surface area contributed by atoms with Crippen molar-refractivity contribution in [2.75, 3.05) is 33.4 Å². The van der Waals surface area contributed by atoms with Gasteiger partial charge in [-0.15, -0.1) is 0 Å². The molecule has 1 saturated heterocycles. The van der Waals surface area contributed by atoms with Crippen LogP contribution in [0.25, 0.3) is 0 Å². The molecule has 1 aromatic carbocycles. The number of ether oxygens (including phenoxy) is 1. The highest BCUT2D eigenvalue weighted by Gasteiger charge is 2.26. The lowest BCUT2D eigenvalue weighted by molar-refractivity contribution is 0.141. The normalized spacial score (nSPS) is 19.7. The van der Waals surface area contributed by atoms with E-state index < -0.39 is 10.0 Å². The van der Waals surface area contributed by atoms with E-state index in [1.54, 1.807) is 13.2 Å². The molecule has 0 spiro atoms. The number of nitrogens with one attached hydrogen (secondary N) is 1. The Balaban J connectivity index is 2.00. The Morgan fingerprint density at radius 2 is 2.14 bits per heavy atom. The van der Waals surface area contributed by atoms with Gasteiger partial charge in [0, 0.05) is 26.2 Å². The molecule has 0 bridgehead atoms. The topological polar surface area (TPSA) is 58.6 Å². The van der Waals surface area contributed by atoms with E-state index in [0.29, 0.717) is 18.0 Å². The Morgan fingerprint density at radius 3 is 2.82 bits per heavy atom. The van der Waals surface area contributed by atoms with E-state index >= 15 is 0 Å². The van der Waals surface area contributed by atoms with Crippen molar-refractivity contribution in [1.82, 2.24) is 9.62 Å². The van der Waals surface area contributed by atoms with Crippen LogP contribution in [0.15, 0.2) is 23.1 Å². The summed E-state index contributed by atoms with van der Waals surface area (Å²) in [5.41, 5.74) is 1.85. The average Bonchev–Trinajstić information content (AvgIpc) is 2.90. The first kappa shape index (κ1) is 17.4. The van der Waals surface area contributed by atoms with Gasteiger partial charge < -0.3 is 4.74 Å². The molecule has 124 valence electrons. The van der Waals surface area contributed by atoms with Gasteiger partial charge in [-0.2, -0.15) is 0 Å². The van der Waals surface area contributed by atoms with Crippen LogP contribution in [0, 0.1) is 13.8 Å². The second-order valence-electron chi connectivity index (χ2n) is 5.95. The molecule has 0 saturated carbocycles. The first-order valence-corrected chi connectivity index (χ1v) is 9.22. The number of aryl methyl sites for hydroxylation is 2. The van der Waals surface area contributed by atoms with Crippen LogP contribution in [0.2, 0.25) is 0 Å². The maximum absolute atomic E-state index is 12.5. The standard InChI is InChI=1S/C16H26N2O3S/c1-13-6-7-16(14(2)11-13)22(19,20)17-12-15-5-4-8-18(15)9-10-21-3/h6-7,11,15,17H,4-5,8-10,12H2,1-3H3/t15-/m1/s1. The van der Waals surface area contributed by atoms with Crippen LogP contribution in [-0.4, -0.2) is 52.7 Å². The van der Waals surface area contributed by atoms with Gasteiger partial charge >= 0.3 is 0 Å². The first-order chi connectivity index (χ1) is 10.4. The highest BCUT2D eigenvalue weighted by Crippen LogP contribution is 2.19. The Labute approximate surface area is 133 Å². The van der Waals surface area contributed by atoms with Gasteiger partial charge in [-0.05, 0) is 44.9 Å². The molecule has 0 aliphatic carbocycles. The van der Waals surface area contributed by atoms with Crippen molar-refractivity contribution in [1.29, 1.82) is 0 Å². The zero-order valence-corrected chi connectivity index (χ0v) is 14.4. The summed E-state index contributed by atoms with van der Waals surface area (Å²) in [6.45, 7) is 6.80. The fourth-order valence-electron chi connectivity index (χ4n) is 3.01. The van der Waals surface area contributed by atoms with Crippen LogP contribution < -0.4 is 4.72 Å². The van der Waals surface area contributed by atoms with Crippen LogP contribution in [0.5, 0.6) is 0 Å². The SMILES string of the molecule is COCCN1CCC[C@@H]1CNS(=O)(=O)c1ccc(C)cc1C. The lowest BCUT2D eigenvalue weighted by Gasteiger charge is -2.24. The molecule has 0 aromatic heterocycles. The minimum atomic E-state index is -3.45. The maximum Gasteiger partial charge on any atom is 0.240 e. The third-order valence-electron chi connectivity index (χ3n) is 4.21. The third kappa shape index (κ3) is 4.29. The summed E-state index contributed by atoms with van der Waals surface area (Å²) in [6.07, 6.45) is 2.14. The van der Waals surface area contributed by atoms with E-state index in [0.717, 1.165) is 37.1 Å². The van der Waals surface area contributed by atoms with E-state index in [2.05, 4.69) is 9.62 Å². The summed E-state index contributed by atoms with van der Waals surface area (Å²) in [5.74, 6) is 0. The zero-order chi connectivity index (χ0) is 16.2. The molecule has 5 nitrogen and oxygen atoms in total. The molecule has 1 aromatic rings. The monoisotopic (exact) mass is 326 g/mol. The molecule has 1 atom stereocenters. The molecule has 2 rings (SSSR count). The number of rotatable bonds is 7. The van der Waals surface area contributed by atoms with Gasteiger partial charge in [0.2, 0.25) is 10.0 Å². The largest absolute Gasteiger partial charge is 0.383 e. The highest BCUT2D eigenvalue weighted by atomic mass is 32.2. The summed E-state index contributed by atoms with van der Waals surface area (Å²) < 4.78 is 32.9. The molecular weight excluding hydrogens is 300 g/mol. The summed E-state index contributed by atoms with van der Waals surface area (Å²) in [4.78, 5) is 2.67. The van der Waals surface area contributed by atoms with Gasteiger partial charge in [0.25, 0.3) is 0 Å². The predicted octanol–water partition coefficient (Wildman–Crippen LogP) is 1.69. The number of likely N-dealkylation sites (tertiary alicyclic amines) is 1. The number of hydrogen-bond donors (Lipinski definition) is 1. The van der Waals surface area contributed by atoms with Crippen molar-refractivity contribution in [2.24, 2.45) is 0 Å². The van der Waals surface area contributed by atoms with Crippen LogP contribution in [0.4, 0.5) is 0 Å². The van der Waals surface area contributed by atoms with Crippen LogP contribution in [0.3, 0.4) is 0 Å². The van der Waals surface area contributed by atoms with Crippen molar-refractivity contribution in [3.8, 4) is 0 Å². The van der Waals surface area contributed by atoms with Crippen molar-refractivity contribution < 1.29 is 13.2 Å². The van der Waals surface area contributed by atoms with Crippen molar-refractivity contribution in [3.63, 3.8) is 0 Å². The fourth-order valence-corrected chi connectivity index (χ4v) is 4.31. The molecule has 1 aliphatic rings. The summed E-state index contributed by atoms with van der Waals surface area (Å²) in [7, 11) is -1.76. The molecule has 6 heteroatoms. The van der Waals surface area contributed by atoms with Gasteiger partial charge in [0.1, 0.15) is 0 Å². The third-order valence-corrected chi connectivity index (χ3v) is 5.79. The van der Waals surface area contributed by atoms with E-state index in [4.69, 9.17) is 4.74 Å². The number of sulfonamides is 1. The second kappa shape index (κ2) is 7.55. The minimum Gasteiger partial charge on any atom is -0.383 e. The Bertz CT molecular complexity index is 601. The molecule has 1 fully saturated rings.